The van der Waals surface area contributed by atoms with E-state index < -0.39 is 17.3 Å². The summed E-state index contributed by atoms with van der Waals surface area (Å²) in [5, 5.41) is 0.569. The average Bonchev–Trinajstić information content (AvgIpc) is 3.14. The van der Waals surface area contributed by atoms with Crippen molar-refractivity contribution in [2.45, 2.75) is 49.4 Å². The van der Waals surface area contributed by atoms with Crippen molar-refractivity contribution >= 4 is 11.0 Å². The lowest BCUT2D eigenvalue weighted by atomic mass is 9.68. The van der Waals surface area contributed by atoms with Crippen molar-refractivity contribution in [1.29, 1.82) is 0 Å². The third kappa shape index (κ3) is 3.17. The van der Waals surface area contributed by atoms with Crippen molar-refractivity contribution in [3.63, 3.8) is 0 Å². The van der Waals surface area contributed by atoms with Gasteiger partial charge in [-0.2, -0.15) is 13.2 Å². The number of fused-ring (bicyclic) bond motifs is 4. The molecule has 4 nitrogen and oxygen atoms in total. The van der Waals surface area contributed by atoms with Gasteiger partial charge in [-0.25, -0.2) is 4.98 Å². The van der Waals surface area contributed by atoms with Crippen molar-refractivity contribution in [1.82, 2.24) is 14.9 Å². The zero-order valence-corrected chi connectivity index (χ0v) is 17.7. The summed E-state index contributed by atoms with van der Waals surface area (Å²) in [6.45, 7) is 0.510. The average molecular weight is 429 g/mol. The number of hydrogen-bond donors (Lipinski definition) is 1. The molecule has 2 aromatic heterocycles. The van der Waals surface area contributed by atoms with E-state index in [0.717, 1.165) is 43.1 Å². The molecule has 2 aliphatic rings. The van der Waals surface area contributed by atoms with Gasteiger partial charge in [0.1, 0.15) is 11.2 Å². The lowest BCUT2D eigenvalue weighted by Gasteiger charge is -2.50. The fraction of sp³-hybridized carbons (Fsp3) is 0.458. The monoisotopic (exact) mass is 429 g/mol. The minimum Gasteiger partial charge on any atom is -0.368 e. The van der Waals surface area contributed by atoms with Crippen LogP contribution in [-0.2, 0) is 28.5 Å². The minimum atomic E-state index is -4.40. The number of alkyl halides is 3. The first kappa shape index (κ1) is 20.5. The van der Waals surface area contributed by atoms with Crippen molar-refractivity contribution in [2.75, 3.05) is 20.7 Å². The van der Waals surface area contributed by atoms with E-state index in [-0.39, 0.29) is 5.54 Å². The molecule has 3 heterocycles. The zero-order chi connectivity index (χ0) is 21.9. The number of ether oxygens (including phenoxy) is 1. The summed E-state index contributed by atoms with van der Waals surface area (Å²) < 4.78 is 46.1. The van der Waals surface area contributed by atoms with E-state index in [2.05, 4.69) is 53.2 Å². The highest BCUT2D eigenvalue weighted by atomic mass is 19.4. The molecule has 0 atom stereocenters. The second-order valence-corrected chi connectivity index (χ2v) is 8.98. The highest BCUT2D eigenvalue weighted by Gasteiger charge is 2.49. The van der Waals surface area contributed by atoms with Gasteiger partial charge in [0.2, 0.25) is 0 Å². The molecule has 164 valence electrons. The highest BCUT2D eigenvalue weighted by Crippen LogP contribution is 2.52. The molecule has 1 aliphatic heterocycles. The number of H-pyrrole nitrogens is 1. The van der Waals surface area contributed by atoms with Gasteiger partial charge in [-0.05, 0) is 63.4 Å². The van der Waals surface area contributed by atoms with Crippen LogP contribution in [0.2, 0.25) is 0 Å². The van der Waals surface area contributed by atoms with Gasteiger partial charge < -0.3 is 9.72 Å². The summed E-state index contributed by atoms with van der Waals surface area (Å²) in [5.74, 6) is 0. The predicted molar refractivity (Wildman–Crippen MR) is 113 cm³/mol. The molecular formula is C24H26F3N3O. The molecular weight excluding hydrogens is 403 g/mol. The summed E-state index contributed by atoms with van der Waals surface area (Å²) in [6, 6.07) is 11.8. The first-order valence-electron chi connectivity index (χ1n) is 10.7. The van der Waals surface area contributed by atoms with Gasteiger partial charge in [0.15, 0.2) is 0 Å². The Balaban J connectivity index is 1.53. The van der Waals surface area contributed by atoms with Crippen LogP contribution in [0, 0.1) is 0 Å². The fourth-order valence-electron chi connectivity index (χ4n) is 5.55. The third-order valence-electron chi connectivity index (χ3n) is 7.32. The smallest absolute Gasteiger partial charge is 0.368 e. The second kappa shape index (κ2) is 7.07. The normalized spacial score (nSPS) is 26.5. The molecule has 31 heavy (non-hydrogen) atoms. The Bertz CT molecular complexity index is 1100. The van der Waals surface area contributed by atoms with E-state index in [1.807, 2.05) is 6.07 Å². The molecule has 0 radical (unpaired) electrons. The summed E-state index contributed by atoms with van der Waals surface area (Å²) in [6.07, 6.45) is 0.501. The number of halogens is 3. The first-order valence-corrected chi connectivity index (χ1v) is 10.7. The van der Waals surface area contributed by atoms with Gasteiger partial charge in [0.25, 0.3) is 0 Å². The molecule has 0 unspecified atom stereocenters. The minimum absolute atomic E-state index is 0.0821. The maximum absolute atomic E-state index is 13.2. The molecule has 7 heteroatoms. The lowest BCUT2D eigenvalue weighted by Crippen LogP contribution is -2.50. The van der Waals surface area contributed by atoms with Crippen LogP contribution in [0.5, 0.6) is 0 Å². The Kier molecular flexibility index (Phi) is 4.68. The number of nitrogens with zero attached hydrogens (tertiary/aromatic N) is 2. The second-order valence-electron chi connectivity index (χ2n) is 8.98. The molecule has 1 fully saturated rings. The molecule has 1 spiro atoms. The maximum atomic E-state index is 13.2. The van der Waals surface area contributed by atoms with Crippen LogP contribution in [-0.4, -0.2) is 35.6 Å². The lowest BCUT2D eigenvalue weighted by molar-refractivity contribution is -0.137. The summed E-state index contributed by atoms with van der Waals surface area (Å²) in [7, 11) is 4.23. The quantitative estimate of drug-likeness (QED) is 0.595. The van der Waals surface area contributed by atoms with Gasteiger partial charge in [0, 0.05) is 17.1 Å². The van der Waals surface area contributed by atoms with Crippen LogP contribution in [0.15, 0.2) is 42.6 Å². The Labute approximate surface area is 179 Å². The number of pyridine rings is 1. The van der Waals surface area contributed by atoms with Gasteiger partial charge in [-0.15, -0.1) is 0 Å². The van der Waals surface area contributed by atoms with Crippen LogP contribution < -0.4 is 0 Å². The largest absolute Gasteiger partial charge is 0.417 e. The molecule has 3 aromatic rings. The van der Waals surface area contributed by atoms with Crippen molar-refractivity contribution in [3.8, 4) is 0 Å². The number of aromatic nitrogens is 2. The molecule has 1 aromatic carbocycles. The first-order chi connectivity index (χ1) is 14.8. The summed E-state index contributed by atoms with van der Waals surface area (Å²) in [4.78, 5) is 9.72. The van der Waals surface area contributed by atoms with Gasteiger partial charge in [-0.3, -0.25) is 4.90 Å². The molecule has 5 rings (SSSR count). The van der Waals surface area contributed by atoms with Crippen LogP contribution in [0.3, 0.4) is 0 Å². The Morgan fingerprint density at radius 1 is 1.06 bits per heavy atom. The molecule has 0 bridgehead atoms. The SMILES string of the molecule is CN(C)C1(c2ccccc2)CCC2(CC1)OCCc1c2[nH]c2ncc(C(F)(F)F)cc12. The van der Waals surface area contributed by atoms with E-state index >= 15 is 0 Å². The van der Waals surface area contributed by atoms with Gasteiger partial charge in [0.05, 0.1) is 17.9 Å². The number of aromatic amines is 1. The number of benzene rings is 1. The molecule has 1 saturated carbocycles. The van der Waals surface area contributed by atoms with Crippen LogP contribution in [0.1, 0.15) is 48.1 Å². The number of hydrogen-bond acceptors (Lipinski definition) is 3. The fourth-order valence-corrected chi connectivity index (χ4v) is 5.55. The van der Waals surface area contributed by atoms with E-state index in [9.17, 15) is 13.2 Å². The van der Waals surface area contributed by atoms with Gasteiger partial charge >= 0.3 is 6.18 Å². The zero-order valence-electron chi connectivity index (χ0n) is 17.7. The molecule has 1 aliphatic carbocycles. The third-order valence-corrected chi connectivity index (χ3v) is 7.32. The van der Waals surface area contributed by atoms with Gasteiger partial charge in [-0.1, -0.05) is 30.3 Å². The van der Waals surface area contributed by atoms with Crippen LogP contribution in [0.25, 0.3) is 11.0 Å². The number of nitrogens with one attached hydrogen (secondary N) is 1. The molecule has 0 amide bonds. The standard InChI is InChI=1S/C24H26F3N3O/c1-30(2)22(16-6-4-3-5-7-16)9-11-23(12-10-22)20-18(8-13-31-23)19-14-17(24(25,26)27)15-28-21(19)29-20/h3-7,14-15H,8-13H2,1-2H3,(H,28,29). The van der Waals surface area contributed by atoms with Crippen molar-refractivity contribution in [2.24, 2.45) is 0 Å². The Morgan fingerprint density at radius 2 is 1.77 bits per heavy atom. The Morgan fingerprint density at radius 3 is 2.42 bits per heavy atom. The van der Waals surface area contributed by atoms with Crippen LogP contribution in [0.4, 0.5) is 13.2 Å². The summed E-state index contributed by atoms with van der Waals surface area (Å²) >= 11 is 0. The van der Waals surface area contributed by atoms with E-state index in [1.165, 1.54) is 11.6 Å². The topological polar surface area (TPSA) is 41.1 Å². The van der Waals surface area contributed by atoms with E-state index in [0.29, 0.717) is 24.1 Å². The Hall–Kier alpha value is -2.38. The summed E-state index contributed by atoms with van der Waals surface area (Å²) in [5.41, 5.74) is 2.36. The highest BCUT2D eigenvalue weighted by molar-refractivity contribution is 5.82. The number of rotatable bonds is 2. The van der Waals surface area contributed by atoms with Crippen molar-refractivity contribution in [3.05, 3.63) is 65.0 Å². The van der Waals surface area contributed by atoms with E-state index in [1.54, 1.807) is 0 Å². The van der Waals surface area contributed by atoms with Crippen molar-refractivity contribution < 1.29 is 17.9 Å². The maximum Gasteiger partial charge on any atom is 0.417 e. The molecule has 1 N–H and O–H groups in total. The van der Waals surface area contributed by atoms with E-state index in [4.69, 9.17) is 4.74 Å². The van der Waals surface area contributed by atoms with Crippen LogP contribution >= 0.6 is 0 Å². The predicted octanol–water partition coefficient (Wildman–Crippen LogP) is 5.38. The molecule has 0 saturated heterocycles.